The molecule has 2 N–H and O–H groups in total. The van der Waals surface area contributed by atoms with Crippen molar-refractivity contribution < 1.29 is 14.3 Å². The third-order valence-electron chi connectivity index (χ3n) is 3.28. The van der Waals surface area contributed by atoms with Crippen molar-refractivity contribution in [2.75, 3.05) is 13.2 Å². The Labute approximate surface area is 170 Å². The molecule has 0 heterocycles. The van der Waals surface area contributed by atoms with Crippen LogP contribution < -0.4 is 15.2 Å². The number of hydrogen-bond acceptors (Lipinski definition) is 4. The van der Waals surface area contributed by atoms with Crippen LogP contribution in [0.25, 0.3) is 11.6 Å². The quantitative estimate of drug-likeness (QED) is 0.363. The Hall–Kier alpha value is -2.24. The first kappa shape index (κ1) is 20.1. The van der Waals surface area contributed by atoms with Crippen LogP contribution in [0.3, 0.4) is 0 Å². The fraction of sp³-hybridized carbons (Fsp3) is 0.158. The van der Waals surface area contributed by atoms with E-state index in [-0.39, 0.29) is 6.61 Å². The van der Waals surface area contributed by atoms with Crippen LogP contribution in [0.5, 0.6) is 11.5 Å². The Balaban J connectivity index is 2.43. The summed E-state index contributed by atoms with van der Waals surface area (Å²) >= 11 is 7.99. The topological polar surface area (TPSA) is 85.3 Å². The van der Waals surface area contributed by atoms with Gasteiger partial charge in [-0.1, -0.05) is 23.7 Å². The van der Waals surface area contributed by atoms with E-state index in [0.29, 0.717) is 28.7 Å². The highest BCUT2D eigenvalue weighted by atomic mass is 127. The average molecular weight is 483 g/mol. The van der Waals surface area contributed by atoms with Gasteiger partial charge in [-0.3, -0.25) is 4.79 Å². The number of carbonyl (C=O) groups is 1. The lowest BCUT2D eigenvalue weighted by Crippen LogP contribution is -2.20. The van der Waals surface area contributed by atoms with Crippen LogP contribution in [0.2, 0.25) is 5.02 Å². The lowest BCUT2D eigenvalue weighted by atomic mass is 10.0. The van der Waals surface area contributed by atoms with Gasteiger partial charge >= 0.3 is 0 Å². The highest BCUT2D eigenvalue weighted by Gasteiger charge is 2.13. The maximum Gasteiger partial charge on any atom is 0.255 e. The Kier molecular flexibility index (Phi) is 7.30. The predicted molar refractivity (Wildman–Crippen MR) is 110 cm³/mol. The SMILES string of the molecule is CCOc1cc(/C=C(\C#N)c2ccc(Cl)cc2)cc(I)c1OCC(N)=O. The Bertz CT molecular complexity index is 874. The second-order valence-corrected chi connectivity index (χ2v) is 6.79. The van der Waals surface area contributed by atoms with Gasteiger partial charge in [0.05, 0.1) is 21.8 Å². The van der Waals surface area contributed by atoms with E-state index in [9.17, 15) is 10.1 Å². The van der Waals surface area contributed by atoms with E-state index in [2.05, 4.69) is 28.7 Å². The van der Waals surface area contributed by atoms with Gasteiger partial charge < -0.3 is 15.2 Å². The van der Waals surface area contributed by atoms with Gasteiger partial charge in [0.1, 0.15) is 0 Å². The molecule has 26 heavy (non-hydrogen) atoms. The van der Waals surface area contributed by atoms with E-state index in [1.54, 1.807) is 36.4 Å². The smallest absolute Gasteiger partial charge is 0.255 e. The first-order valence-electron chi connectivity index (χ1n) is 7.69. The number of rotatable bonds is 7. The van der Waals surface area contributed by atoms with Gasteiger partial charge in [0.25, 0.3) is 5.91 Å². The number of nitrogens with two attached hydrogens (primary N) is 1. The van der Waals surface area contributed by atoms with E-state index < -0.39 is 5.91 Å². The van der Waals surface area contributed by atoms with Crippen molar-refractivity contribution in [3.63, 3.8) is 0 Å². The minimum Gasteiger partial charge on any atom is -0.490 e. The van der Waals surface area contributed by atoms with Crippen molar-refractivity contribution in [1.29, 1.82) is 5.26 Å². The van der Waals surface area contributed by atoms with Crippen LogP contribution >= 0.6 is 34.2 Å². The van der Waals surface area contributed by atoms with Crippen molar-refractivity contribution >= 4 is 51.7 Å². The molecule has 0 aliphatic heterocycles. The van der Waals surface area contributed by atoms with Gasteiger partial charge in [-0.15, -0.1) is 0 Å². The number of ether oxygens (including phenoxy) is 2. The summed E-state index contributed by atoms with van der Waals surface area (Å²) in [6, 6.07) is 12.8. The summed E-state index contributed by atoms with van der Waals surface area (Å²) in [7, 11) is 0. The number of nitrogens with zero attached hydrogens (tertiary/aromatic N) is 1. The average Bonchev–Trinajstić information content (AvgIpc) is 2.60. The largest absolute Gasteiger partial charge is 0.490 e. The Morgan fingerprint density at radius 2 is 2.00 bits per heavy atom. The lowest BCUT2D eigenvalue weighted by molar-refractivity contribution is -0.119. The molecule has 0 saturated heterocycles. The highest BCUT2D eigenvalue weighted by Crippen LogP contribution is 2.35. The molecule has 0 aromatic heterocycles. The fourth-order valence-corrected chi connectivity index (χ4v) is 3.10. The minimum absolute atomic E-state index is 0.237. The third kappa shape index (κ3) is 5.38. The molecular formula is C19H16ClIN2O3. The molecule has 0 unspecified atom stereocenters. The van der Waals surface area contributed by atoms with Crippen LogP contribution in [0.1, 0.15) is 18.1 Å². The highest BCUT2D eigenvalue weighted by molar-refractivity contribution is 14.1. The van der Waals surface area contributed by atoms with Crippen LogP contribution in [0, 0.1) is 14.9 Å². The van der Waals surface area contributed by atoms with Gasteiger partial charge in [-0.25, -0.2) is 0 Å². The van der Waals surface area contributed by atoms with Crippen molar-refractivity contribution in [3.05, 3.63) is 56.1 Å². The maximum atomic E-state index is 11.0. The van der Waals surface area contributed by atoms with Crippen LogP contribution in [0.15, 0.2) is 36.4 Å². The van der Waals surface area contributed by atoms with Gasteiger partial charge in [0.2, 0.25) is 0 Å². The molecular weight excluding hydrogens is 467 g/mol. The summed E-state index contributed by atoms with van der Waals surface area (Å²) < 4.78 is 11.8. The Morgan fingerprint density at radius 1 is 1.31 bits per heavy atom. The number of allylic oxidation sites excluding steroid dienone is 1. The summed E-state index contributed by atoms with van der Waals surface area (Å²) in [6.45, 7) is 2.04. The standard InChI is InChI=1S/C19H16ClIN2O3/c1-2-25-17-9-12(8-16(21)19(17)26-11-18(23)24)7-14(10-22)13-3-5-15(20)6-4-13/h3-9H,2,11H2,1H3,(H2,23,24)/b14-7+. The summed E-state index contributed by atoms with van der Waals surface area (Å²) in [6.07, 6.45) is 1.76. The molecule has 0 bridgehead atoms. The molecule has 0 aliphatic carbocycles. The molecule has 134 valence electrons. The normalized spacial score (nSPS) is 10.9. The van der Waals surface area contributed by atoms with Crippen LogP contribution in [-0.2, 0) is 4.79 Å². The Morgan fingerprint density at radius 3 is 2.58 bits per heavy atom. The number of carbonyl (C=O) groups excluding carboxylic acids is 1. The number of amides is 1. The van der Waals surface area contributed by atoms with Crippen molar-refractivity contribution in [2.45, 2.75) is 6.92 Å². The molecule has 0 radical (unpaired) electrons. The molecule has 5 nitrogen and oxygen atoms in total. The molecule has 0 saturated carbocycles. The molecule has 0 atom stereocenters. The van der Waals surface area contributed by atoms with E-state index in [0.717, 1.165) is 14.7 Å². The summed E-state index contributed by atoms with van der Waals surface area (Å²) in [5.41, 5.74) is 7.17. The molecule has 0 fully saturated rings. The monoisotopic (exact) mass is 482 g/mol. The zero-order valence-electron chi connectivity index (χ0n) is 14.0. The molecule has 1 amide bonds. The first-order valence-corrected chi connectivity index (χ1v) is 9.15. The van der Waals surface area contributed by atoms with Gasteiger partial charge in [-0.05, 0) is 71.0 Å². The summed E-state index contributed by atoms with van der Waals surface area (Å²) in [4.78, 5) is 11.0. The van der Waals surface area contributed by atoms with Crippen molar-refractivity contribution in [2.24, 2.45) is 5.73 Å². The second-order valence-electron chi connectivity index (χ2n) is 5.19. The fourth-order valence-electron chi connectivity index (χ4n) is 2.19. The molecule has 2 rings (SSSR count). The van der Waals surface area contributed by atoms with Crippen molar-refractivity contribution in [3.8, 4) is 17.6 Å². The van der Waals surface area contributed by atoms with Gasteiger partial charge in [0.15, 0.2) is 18.1 Å². The van der Waals surface area contributed by atoms with Crippen LogP contribution in [-0.4, -0.2) is 19.1 Å². The molecule has 0 spiro atoms. The molecule has 2 aromatic rings. The number of halogens is 2. The zero-order valence-corrected chi connectivity index (χ0v) is 16.9. The lowest BCUT2D eigenvalue weighted by Gasteiger charge is -2.14. The van der Waals surface area contributed by atoms with Crippen molar-refractivity contribution in [1.82, 2.24) is 0 Å². The van der Waals surface area contributed by atoms with Gasteiger partial charge in [-0.2, -0.15) is 5.26 Å². The minimum atomic E-state index is -0.568. The second kappa shape index (κ2) is 9.46. The van der Waals surface area contributed by atoms with E-state index in [1.165, 1.54) is 0 Å². The number of nitriles is 1. The van der Waals surface area contributed by atoms with E-state index >= 15 is 0 Å². The molecule has 2 aromatic carbocycles. The first-order chi connectivity index (χ1) is 12.4. The summed E-state index contributed by atoms with van der Waals surface area (Å²) in [5, 5.41) is 10.1. The maximum absolute atomic E-state index is 11.0. The number of hydrogen-bond donors (Lipinski definition) is 1. The number of primary amides is 1. The zero-order chi connectivity index (χ0) is 19.1. The van der Waals surface area contributed by atoms with Crippen LogP contribution in [0.4, 0.5) is 0 Å². The van der Waals surface area contributed by atoms with Gasteiger partial charge in [0, 0.05) is 5.02 Å². The van der Waals surface area contributed by atoms with E-state index in [4.69, 9.17) is 26.8 Å². The summed E-state index contributed by atoms with van der Waals surface area (Å²) in [5.74, 6) is 0.371. The van der Waals surface area contributed by atoms with E-state index in [1.807, 2.05) is 13.0 Å². The molecule has 0 aliphatic rings. The number of benzene rings is 2. The predicted octanol–water partition coefficient (Wildman–Crippen LogP) is 4.27. The third-order valence-corrected chi connectivity index (χ3v) is 4.33. The molecule has 7 heteroatoms.